The number of aromatic nitrogens is 2. The van der Waals surface area contributed by atoms with Gasteiger partial charge in [0.05, 0.1) is 6.20 Å². The van der Waals surface area contributed by atoms with E-state index in [-0.39, 0.29) is 0 Å². The van der Waals surface area contributed by atoms with Crippen LogP contribution < -0.4 is 0 Å². The number of benzene rings is 1. The number of aliphatic hydroxyl groups excluding tert-OH is 2. The van der Waals surface area contributed by atoms with Crippen molar-refractivity contribution in [2.45, 2.75) is 32.1 Å². The summed E-state index contributed by atoms with van der Waals surface area (Å²) in [6, 6.07) is 9.15. The Balaban J connectivity index is 2.12. The van der Waals surface area contributed by atoms with E-state index in [1.54, 1.807) is 29.2 Å². The summed E-state index contributed by atoms with van der Waals surface area (Å²) in [6.07, 6.45) is 2.49. The molecule has 1 aromatic heterocycles. The van der Waals surface area contributed by atoms with Crippen LogP contribution in [0.25, 0.3) is 0 Å². The first kappa shape index (κ1) is 12.8. The van der Waals surface area contributed by atoms with Crippen molar-refractivity contribution in [1.29, 1.82) is 0 Å². The summed E-state index contributed by atoms with van der Waals surface area (Å²) in [5.41, 5.74) is 1.34. The lowest BCUT2D eigenvalue weighted by molar-refractivity contribution is 0.0172. The average molecular weight is 246 g/mol. The molecule has 0 bridgehead atoms. The molecular weight excluding hydrogens is 228 g/mol. The molecule has 0 saturated heterocycles. The molecule has 0 spiro atoms. The number of aliphatic hydroxyl groups is 2. The smallest absolute Gasteiger partial charge is 0.112 e. The van der Waals surface area contributed by atoms with E-state index in [2.05, 4.69) is 12.0 Å². The van der Waals surface area contributed by atoms with Crippen molar-refractivity contribution in [2.75, 3.05) is 0 Å². The maximum Gasteiger partial charge on any atom is 0.112 e. The number of rotatable bonds is 5. The van der Waals surface area contributed by atoms with Gasteiger partial charge in [0, 0.05) is 18.3 Å². The predicted molar refractivity (Wildman–Crippen MR) is 68.9 cm³/mol. The Hall–Kier alpha value is -1.65. The Morgan fingerprint density at radius 2 is 1.78 bits per heavy atom. The van der Waals surface area contributed by atoms with Gasteiger partial charge in [-0.2, -0.15) is 5.10 Å². The Morgan fingerprint density at radius 3 is 2.44 bits per heavy atom. The second kappa shape index (κ2) is 5.80. The number of hydrogen-bond donors (Lipinski definition) is 2. The number of hydrogen-bond acceptors (Lipinski definition) is 3. The molecule has 0 saturated carbocycles. The minimum absolute atomic E-state index is 0.639. The van der Waals surface area contributed by atoms with Crippen molar-refractivity contribution in [3.63, 3.8) is 0 Å². The largest absolute Gasteiger partial charge is 0.385 e. The quantitative estimate of drug-likeness (QED) is 0.849. The molecule has 0 amide bonds. The van der Waals surface area contributed by atoms with Gasteiger partial charge in [-0.25, -0.2) is 0 Å². The fourth-order valence-corrected chi connectivity index (χ4v) is 1.90. The number of nitrogens with zero attached hydrogens (tertiary/aromatic N) is 2. The van der Waals surface area contributed by atoms with Crippen LogP contribution in [0.2, 0.25) is 0 Å². The van der Waals surface area contributed by atoms with Crippen molar-refractivity contribution in [3.05, 3.63) is 53.9 Å². The summed E-state index contributed by atoms with van der Waals surface area (Å²) < 4.78 is 1.77. The number of aryl methyl sites for hydroxylation is 1. The second-order valence-corrected chi connectivity index (χ2v) is 4.34. The molecule has 1 aromatic carbocycles. The molecule has 0 radical (unpaired) electrons. The fourth-order valence-electron chi connectivity index (χ4n) is 1.90. The third kappa shape index (κ3) is 2.78. The summed E-state index contributed by atoms with van der Waals surface area (Å²) in [5.74, 6) is 0. The van der Waals surface area contributed by atoms with Gasteiger partial charge in [0.1, 0.15) is 12.2 Å². The van der Waals surface area contributed by atoms with E-state index in [0.29, 0.717) is 11.1 Å². The maximum atomic E-state index is 10.1. The van der Waals surface area contributed by atoms with Gasteiger partial charge in [-0.05, 0) is 12.0 Å². The van der Waals surface area contributed by atoms with E-state index in [1.807, 2.05) is 18.2 Å². The first-order valence-corrected chi connectivity index (χ1v) is 6.15. The molecule has 2 aromatic rings. The highest BCUT2D eigenvalue weighted by molar-refractivity contribution is 5.22. The average Bonchev–Trinajstić information content (AvgIpc) is 2.87. The highest BCUT2D eigenvalue weighted by atomic mass is 16.3. The minimum atomic E-state index is -0.946. The van der Waals surface area contributed by atoms with Crippen LogP contribution in [-0.4, -0.2) is 20.0 Å². The van der Waals surface area contributed by atoms with Crippen LogP contribution in [0, 0.1) is 0 Å². The predicted octanol–water partition coefficient (Wildman–Crippen LogP) is 2.06. The normalized spacial score (nSPS) is 14.4. The lowest BCUT2D eigenvalue weighted by Gasteiger charge is -2.16. The molecule has 4 nitrogen and oxygen atoms in total. The summed E-state index contributed by atoms with van der Waals surface area (Å²) in [6.45, 7) is 2.88. The highest BCUT2D eigenvalue weighted by Crippen LogP contribution is 2.27. The van der Waals surface area contributed by atoms with E-state index in [9.17, 15) is 10.2 Å². The zero-order valence-electron chi connectivity index (χ0n) is 10.4. The van der Waals surface area contributed by atoms with E-state index < -0.39 is 12.2 Å². The van der Waals surface area contributed by atoms with Crippen molar-refractivity contribution in [3.8, 4) is 0 Å². The molecule has 1 heterocycles. The lowest BCUT2D eigenvalue weighted by atomic mass is 10.0. The van der Waals surface area contributed by atoms with E-state index in [1.165, 1.54) is 0 Å². The molecule has 4 heteroatoms. The molecular formula is C14H18N2O2. The standard InChI is InChI=1S/C14H18N2O2/c1-2-8-16-10-12(9-15-16)14(18)13(17)11-6-4-3-5-7-11/h3-7,9-10,13-14,17-18H,2,8H2,1H3. The molecule has 0 aliphatic rings. The van der Waals surface area contributed by atoms with Crippen LogP contribution in [0.1, 0.15) is 36.7 Å². The molecule has 2 atom stereocenters. The van der Waals surface area contributed by atoms with Gasteiger partial charge in [0.2, 0.25) is 0 Å². The van der Waals surface area contributed by atoms with Crippen molar-refractivity contribution >= 4 is 0 Å². The Labute approximate surface area is 107 Å². The van der Waals surface area contributed by atoms with Gasteiger partial charge < -0.3 is 10.2 Å². The zero-order chi connectivity index (χ0) is 13.0. The lowest BCUT2D eigenvalue weighted by Crippen LogP contribution is -2.09. The first-order chi connectivity index (χ1) is 8.72. The summed E-state index contributed by atoms with van der Waals surface area (Å²) in [5, 5.41) is 24.4. The van der Waals surface area contributed by atoms with Gasteiger partial charge in [0.15, 0.2) is 0 Å². The molecule has 2 N–H and O–H groups in total. The van der Waals surface area contributed by atoms with Crippen LogP contribution in [0.4, 0.5) is 0 Å². The Bertz CT molecular complexity index is 482. The third-order valence-electron chi connectivity index (χ3n) is 2.89. The van der Waals surface area contributed by atoms with Gasteiger partial charge in [-0.15, -0.1) is 0 Å². The topological polar surface area (TPSA) is 58.3 Å². The Morgan fingerprint density at radius 1 is 1.11 bits per heavy atom. The molecule has 0 aliphatic carbocycles. The van der Waals surface area contributed by atoms with E-state index in [4.69, 9.17) is 0 Å². The summed E-state index contributed by atoms with van der Waals surface area (Å²) in [4.78, 5) is 0. The van der Waals surface area contributed by atoms with Crippen LogP contribution in [-0.2, 0) is 6.54 Å². The van der Waals surface area contributed by atoms with Crippen LogP contribution in [0.15, 0.2) is 42.7 Å². The van der Waals surface area contributed by atoms with Crippen LogP contribution in [0.5, 0.6) is 0 Å². The molecule has 0 aliphatic heterocycles. The van der Waals surface area contributed by atoms with Crippen LogP contribution >= 0.6 is 0 Å². The summed E-state index contributed by atoms with van der Waals surface area (Å²) in [7, 11) is 0. The summed E-state index contributed by atoms with van der Waals surface area (Å²) >= 11 is 0. The van der Waals surface area contributed by atoms with Gasteiger partial charge in [0.25, 0.3) is 0 Å². The second-order valence-electron chi connectivity index (χ2n) is 4.34. The zero-order valence-corrected chi connectivity index (χ0v) is 10.4. The highest BCUT2D eigenvalue weighted by Gasteiger charge is 2.21. The SMILES string of the molecule is CCCn1cc(C(O)C(O)c2ccccc2)cn1. The fraction of sp³-hybridized carbons (Fsp3) is 0.357. The van der Waals surface area contributed by atoms with Crippen molar-refractivity contribution in [1.82, 2.24) is 9.78 Å². The van der Waals surface area contributed by atoms with Crippen molar-refractivity contribution in [2.24, 2.45) is 0 Å². The monoisotopic (exact) mass is 246 g/mol. The van der Waals surface area contributed by atoms with E-state index in [0.717, 1.165) is 13.0 Å². The molecule has 18 heavy (non-hydrogen) atoms. The minimum Gasteiger partial charge on any atom is -0.385 e. The van der Waals surface area contributed by atoms with Gasteiger partial charge in [-0.3, -0.25) is 4.68 Å². The van der Waals surface area contributed by atoms with Gasteiger partial charge in [-0.1, -0.05) is 37.3 Å². The van der Waals surface area contributed by atoms with E-state index >= 15 is 0 Å². The first-order valence-electron chi connectivity index (χ1n) is 6.15. The molecule has 96 valence electrons. The molecule has 2 rings (SSSR count). The van der Waals surface area contributed by atoms with Crippen molar-refractivity contribution < 1.29 is 10.2 Å². The maximum absolute atomic E-state index is 10.1. The van der Waals surface area contributed by atoms with Gasteiger partial charge >= 0.3 is 0 Å². The third-order valence-corrected chi connectivity index (χ3v) is 2.89. The van der Waals surface area contributed by atoms with Crippen LogP contribution in [0.3, 0.4) is 0 Å². The molecule has 2 unspecified atom stereocenters. The molecule has 0 fully saturated rings. The Kier molecular flexibility index (Phi) is 4.12.